The number of rotatable bonds is 3. The summed E-state index contributed by atoms with van der Waals surface area (Å²) in [5.74, 6) is 0.306. The SMILES string of the molecule is Cc1cc(C)cc(OC(=O)Cc2coc3ccc(C)cc23)c1. The van der Waals surface area contributed by atoms with Gasteiger partial charge in [-0.25, -0.2) is 0 Å². The van der Waals surface area contributed by atoms with Crippen LogP contribution in [0.5, 0.6) is 5.75 Å². The minimum atomic E-state index is -0.283. The van der Waals surface area contributed by atoms with Crippen molar-refractivity contribution in [2.45, 2.75) is 27.2 Å². The van der Waals surface area contributed by atoms with E-state index < -0.39 is 0 Å². The van der Waals surface area contributed by atoms with Crippen molar-refractivity contribution in [3.8, 4) is 5.75 Å². The molecular weight excluding hydrogens is 276 g/mol. The molecule has 0 amide bonds. The first-order valence-electron chi connectivity index (χ1n) is 7.27. The molecule has 0 unspecified atom stereocenters. The minimum Gasteiger partial charge on any atom is -0.464 e. The molecule has 2 aromatic carbocycles. The topological polar surface area (TPSA) is 39.4 Å². The first-order chi connectivity index (χ1) is 10.5. The van der Waals surface area contributed by atoms with Crippen molar-refractivity contribution in [2.24, 2.45) is 0 Å². The van der Waals surface area contributed by atoms with Gasteiger partial charge in [-0.1, -0.05) is 17.7 Å². The zero-order valence-corrected chi connectivity index (χ0v) is 13.0. The molecule has 0 aliphatic heterocycles. The van der Waals surface area contributed by atoms with Crippen LogP contribution in [0.3, 0.4) is 0 Å². The second-order valence-corrected chi connectivity index (χ2v) is 5.73. The van der Waals surface area contributed by atoms with E-state index in [4.69, 9.17) is 9.15 Å². The summed E-state index contributed by atoms with van der Waals surface area (Å²) in [4.78, 5) is 12.2. The van der Waals surface area contributed by atoms with E-state index in [0.717, 1.165) is 33.2 Å². The third-order valence-corrected chi connectivity index (χ3v) is 3.57. The number of hydrogen-bond acceptors (Lipinski definition) is 3. The fourth-order valence-electron chi connectivity index (χ4n) is 2.65. The molecule has 0 aliphatic rings. The summed E-state index contributed by atoms with van der Waals surface area (Å²) in [6, 6.07) is 11.7. The standard InChI is InChI=1S/C19H18O3/c1-12-4-5-18-17(9-12)15(11-21-18)10-19(20)22-16-7-13(2)6-14(3)8-16/h4-9,11H,10H2,1-3H3. The lowest BCUT2D eigenvalue weighted by atomic mass is 10.1. The van der Waals surface area contributed by atoms with E-state index >= 15 is 0 Å². The van der Waals surface area contributed by atoms with Crippen molar-refractivity contribution < 1.29 is 13.9 Å². The van der Waals surface area contributed by atoms with Crippen LogP contribution in [0.2, 0.25) is 0 Å². The van der Waals surface area contributed by atoms with E-state index in [1.807, 2.05) is 57.2 Å². The predicted octanol–water partition coefficient (Wildman–Crippen LogP) is 4.51. The molecule has 3 rings (SSSR count). The Labute approximate surface area is 129 Å². The molecule has 1 aromatic heterocycles. The number of carbonyl (C=O) groups is 1. The van der Waals surface area contributed by atoms with Gasteiger partial charge in [-0.15, -0.1) is 0 Å². The zero-order chi connectivity index (χ0) is 15.7. The predicted molar refractivity (Wildman–Crippen MR) is 86.2 cm³/mol. The molecule has 0 N–H and O–H groups in total. The number of carbonyl (C=O) groups excluding carboxylic acids is 1. The Morgan fingerprint density at radius 2 is 1.73 bits per heavy atom. The van der Waals surface area contributed by atoms with E-state index in [0.29, 0.717) is 5.75 Å². The molecule has 0 saturated carbocycles. The second kappa shape index (κ2) is 5.68. The molecule has 0 atom stereocenters. The van der Waals surface area contributed by atoms with E-state index in [9.17, 15) is 4.79 Å². The Morgan fingerprint density at radius 3 is 2.45 bits per heavy atom. The Balaban J connectivity index is 1.79. The average molecular weight is 294 g/mol. The largest absolute Gasteiger partial charge is 0.464 e. The molecule has 22 heavy (non-hydrogen) atoms. The van der Waals surface area contributed by atoms with Crippen molar-refractivity contribution in [3.63, 3.8) is 0 Å². The smallest absolute Gasteiger partial charge is 0.315 e. The third-order valence-electron chi connectivity index (χ3n) is 3.57. The summed E-state index contributed by atoms with van der Waals surface area (Å²) in [6.07, 6.45) is 1.83. The highest BCUT2D eigenvalue weighted by Crippen LogP contribution is 2.24. The van der Waals surface area contributed by atoms with Gasteiger partial charge >= 0.3 is 5.97 Å². The zero-order valence-electron chi connectivity index (χ0n) is 13.0. The number of furan rings is 1. The molecule has 3 heteroatoms. The highest BCUT2D eigenvalue weighted by atomic mass is 16.5. The number of benzene rings is 2. The van der Waals surface area contributed by atoms with Crippen LogP contribution in [0.1, 0.15) is 22.3 Å². The van der Waals surface area contributed by atoms with Crippen LogP contribution in [0.25, 0.3) is 11.0 Å². The molecule has 0 radical (unpaired) electrons. The Hall–Kier alpha value is -2.55. The summed E-state index contributed by atoms with van der Waals surface area (Å²) in [7, 11) is 0. The molecule has 112 valence electrons. The van der Waals surface area contributed by atoms with Gasteiger partial charge in [-0.05, 0) is 56.2 Å². The van der Waals surface area contributed by atoms with E-state index in [-0.39, 0.29) is 12.4 Å². The van der Waals surface area contributed by atoms with Gasteiger partial charge in [0, 0.05) is 10.9 Å². The molecule has 3 nitrogen and oxygen atoms in total. The lowest BCUT2D eigenvalue weighted by Gasteiger charge is -2.06. The van der Waals surface area contributed by atoms with E-state index in [2.05, 4.69) is 0 Å². The van der Waals surface area contributed by atoms with Gasteiger partial charge in [0.2, 0.25) is 0 Å². The highest BCUT2D eigenvalue weighted by molar-refractivity contribution is 5.86. The summed E-state index contributed by atoms with van der Waals surface area (Å²) in [5.41, 5.74) is 4.94. The van der Waals surface area contributed by atoms with Crippen LogP contribution in [0, 0.1) is 20.8 Å². The normalized spacial score (nSPS) is 10.9. The van der Waals surface area contributed by atoms with Crippen molar-refractivity contribution in [1.29, 1.82) is 0 Å². The number of hydrogen-bond donors (Lipinski definition) is 0. The number of ether oxygens (including phenoxy) is 1. The molecule has 0 bridgehead atoms. The van der Waals surface area contributed by atoms with Crippen LogP contribution in [0.4, 0.5) is 0 Å². The maximum absolute atomic E-state index is 12.2. The molecule has 3 aromatic rings. The second-order valence-electron chi connectivity index (χ2n) is 5.73. The Bertz CT molecular complexity index is 823. The van der Waals surface area contributed by atoms with Gasteiger partial charge in [0.25, 0.3) is 0 Å². The Kier molecular flexibility index (Phi) is 3.72. The minimum absolute atomic E-state index is 0.198. The molecule has 0 aliphatic carbocycles. The average Bonchev–Trinajstić information content (AvgIpc) is 2.80. The summed E-state index contributed by atoms with van der Waals surface area (Å²) >= 11 is 0. The fraction of sp³-hybridized carbons (Fsp3) is 0.211. The van der Waals surface area contributed by atoms with Crippen molar-refractivity contribution >= 4 is 16.9 Å². The lowest BCUT2D eigenvalue weighted by molar-refractivity contribution is -0.133. The quantitative estimate of drug-likeness (QED) is 0.527. The van der Waals surface area contributed by atoms with Crippen LogP contribution in [0.15, 0.2) is 47.1 Å². The van der Waals surface area contributed by atoms with Gasteiger partial charge < -0.3 is 9.15 Å². The third kappa shape index (κ3) is 3.03. The van der Waals surface area contributed by atoms with Crippen LogP contribution in [-0.4, -0.2) is 5.97 Å². The summed E-state index contributed by atoms with van der Waals surface area (Å²) in [5, 5.41) is 0.970. The maximum atomic E-state index is 12.2. The van der Waals surface area contributed by atoms with Crippen molar-refractivity contribution in [3.05, 3.63) is 64.9 Å². The maximum Gasteiger partial charge on any atom is 0.315 e. The van der Waals surface area contributed by atoms with E-state index in [1.54, 1.807) is 6.26 Å². The summed E-state index contributed by atoms with van der Waals surface area (Å²) < 4.78 is 10.9. The molecular formula is C19H18O3. The van der Waals surface area contributed by atoms with Crippen LogP contribution in [-0.2, 0) is 11.2 Å². The first kappa shape index (κ1) is 14.4. The van der Waals surface area contributed by atoms with Gasteiger partial charge in [-0.3, -0.25) is 4.79 Å². The Morgan fingerprint density at radius 1 is 1.00 bits per heavy atom. The monoisotopic (exact) mass is 294 g/mol. The molecule has 0 spiro atoms. The molecule has 1 heterocycles. The number of esters is 1. The van der Waals surface area contributed by atoms with Crippen LogP contribution < -0.4 is 4.74 Å². The lowest BCUT2D eigenvalue weighted by Crippen LogP contribution is -2.11. The van der Waals surface area contributed by atoms with Crippen molar-refractivity contribution in [2.75, 3.05) is 0 Å². The molecule has 0 fully saturated rings. The van der Waals surface area contributed by atoms with Gasteiger partial charge in [-0.2, -0.15) is 0 Å². The molecule has 0 saturated heterocycles. The van der Waals surface area contributed by atoms with Crippen molar-refractivity contribution in [1.82, 2.24) is 0 Å². The van der Waals surface area contributed by atoms with Gasteiger partial charge in [0.05, 0.1) is 12.7 Å². The first-order valence-corrected chi connectivity index (χ1v) is 7.27. The van der Waals surface area contributed by atoms with E-state index in [1.165, 1.54) is 0 Å². The van der Waals surface area contributed by atoms with Crippen LogP contribution >= 0.6 is 0 Å². The van der Waals surface area contributed by atoms with Gasteiger partial charge in [0.1, 0.15) is 11.3 Å². The fourth-order valence-corrected chi connectivity index (χ4v) is 2.65. The van der Waals surface area contributed by atoms with Gasteiger partial charge in [0.15, 0.2) is 0 Å². The number of aryl methyl sites for hydroxylation is 3. The summed E-state index contributed by atoms with van der Waals surface area (Å²) in [6.45, 7) is 5.98. The number of fused-ring (bicyclic) bond motifs is 1. The highest BCUT2D eigenvalue weighted by Gasteiger charge is 2.12.